The summed E-state index contributed by atoms with van der Waals surface area (Å²) in [4.78, 5) is 19.7. The van der Waals surface area contributed by atoms with Gasteiger partial charge in [0.15, 0.2) is 0 Å². The van der Waals surface area contributed by atoms with Crippen LogP contribution in [0.4, 0.5) is 5.69 Å². The normalized spacial score (nSPS) is 9.33. The molecule has 4 heteroatoms. The Morgan fingerprint density at radius 2 is 2.25 bits per heavy atom. The highest BCUT2D eigenvalue weighted by atomic mass is 16.6. The first-order valence-corrected chi connectivity index (χ1v) is 3.32. The molecule has 4 nitrogen and oxygen atoms in total. The summed E-state index contributed by atoms with van der Waals surface area (Å²) < 4.78 is 0. The molecular formula is C8H6NO3. The molecular weight excluding hydrogens is 158 g/mol. The molecule has 0 aliphatic heterocycles. The fourth-order valence-electron chi connectivity index (χ4n) is 0.863. The Labute approximate surface area is 69.0 Å². The highest BCUT2D eigenvalue weighted by molar-refractivity contribution is 5.56. The summed E-state index contributed by atoms with van der Waals surface area (Å²) in [5.74, 6) is 0. The van der Waals surface area contributed by atoms with Crippen LogP contribution in [0.2, 0.25) is 0 Å². The number of benzene rings is 1. The van der Waals surface area contributed by atoms with E-state index < -0.39 is 4.92 Å². The van der Waals surface area contributed by atoms with E-state index in [1.807, 2.05) is 0 Å². The molecule has 0 aliphatic carbocycles. The van der Waals surface area contributed by atoms with Crippen molar-refractivity contribution < 1.29 is 9.72 Å². The minimum atomic E-state index is -0.492. The Kier molecular flexibility index (Phi) is 2.53. The number of carbonyl (C=O) groups excluding carboxylic acids is 1. The van der Waals surface area contributed by atoms with Crippen LogP contribution in [0.1, 0.15) is 5.56 Å². The topological polar surface area (TPSA) is 60.2 Å². The van der Waals surface area contributed by atoms with E-state index in [0.29, 0.717) is 5.56 Å². The van der Waals surface area contributed by atoms with Crippen LogP contribution < -0.4 is 0 Å². The lowest BCUT2D eigenvalue weighted by atomic mass is 10.1. The zero-order chi connectivity index (χ0) is 8.97. The molecule has 0 amide bonds. The summed E-state index contributed by atoms with van der Waals surface area (Å²) in [6.45, 7) is 0. The Morgan fingerprint density at radius 1 is 1.50 bits per heavy atom. The molecule has 1 aromatic carbocycles. The van der Waals surface area contributed by atoms with Crippen LogP contribution in [0.25, 0.3) is 0 Å². The maximum Gasteiger partial charge on any atom is 0.269 e. The highest BCUT2D eigenvalue weighted by Gasteiger charge is 2.04. The Balaban J connectivity index is 2.95. The molecule has 1 rings (SSSR count). The quantitative estimate of drug-likeness (QED) is 0.498. The molecule has 1 radical (unpaired) electrons. The molecule has 0 heterocycles. The van der Waals surface area contributed by atoms with E-state index in [0.717, 1.165) is 0 Å². The van der Waals surface area contributed by atoms with Crippen LogP contribution in [-0.2, 0) is 11.2 Å². The molecule has 0 saturated heterocycles. The number of non-ortho nitro benzene ring substituents is 1. The van der Waals surface area contributed by atoms with Crippen molar-refractivity contribution in [1.82, 2.24) is 0 Å². The number of nitro benzene ring substituents is 1. The van der Waals surface area contributed by atoms with Gasteiger partial charge in [0, 0.05) is 18.6 Å². The third-order valence-electron chi connectivity index (χ3n) is 1.40. The van der Waals surface area contributed by atoms with Gasteiger partial charge >= 0.3 is 0 Å². The van der Waals surface area contributed by atoms with Crippen LogP contribution >= 0.6 is 0 Å². The van der Waals surface area contributed by atoms with E-state index in [2.05, 4.69) is 0 Å². The molecule has 0 spiro atoms. The van der Waals surface area contributed by atoms with Gasteiger partial charge in [-0.3, -0.25) is 14.9 Å². The van der Waals surface area contributed by atoms with Gasteiger partial charge in [-0.15, -0.1) is 0 Å². The maximum atomic E-state index is 10.3. The maximum absolute atomic E-state index is 10.3. The molecule has 0 saturated carbocycles. The van der Waals surface area contributed by atoms with Crippen molar-refractivity contribution in [2.24, 2.45) is 0 Å². The summed E-state index contributed by atoms with van der Waals surface area (Å²) in [6, 6.07) is 5.95. The average Bonchev–Trinajstić information content (AvgIpc) is 2.05. The predicted molar refractivity (Wildman–Crippen MR) is 42.5 cm³/mol. The van der Waals surface area contributed by atoms with Gasteiger partial charge in [-0.2, -0.15) is 0 Å². The van der Waals surface area contributed by atoms with Gasteiger partial charge in [0.25, 0.3) is 5.69 Å². The molecule has 0 fully saturated rings. The van der Waals surface area contributed by atoms with Crippen LogP contribution in [0.15, 0.2) is 24.3 Å². The van der Waals surface area contributed by atoms with Crippen molar-refractivity contribution in [1.29, 1.82) is 0 Å². The molecule has 0 bridgehead atoms. The van der Waals surface area contributed by atoms with Gasteiger partial charge in [0.2, 0.25) is 6.29 Å². The minimum Gasteiger partial charge on any atom is -0.291 e. The summed E-state index contributed by atoms with van der Waals surface area (Å²) >= 11 is 0. The van der Waals surface area contributed by atoms with Gasteiger partial charge in [-0.25, -0.2) is 0 Å². The van der Waals surface area contributed by atoms with Crippen LogP contribution in [0.3, 0.4) is 0 Å². The third kappa shape index (κ3) is 1.88. The SMILES string of the molecule is O=[C]Cc1cccc([N+](=O)[O-])c1. The van der Waals surface area contributed by atoms with Crippen molar-refractivity contribution in [3.05, 3.63) is 39.9 Å². The number of nitrogens with zero attached hydrogens (tertiary/aromatic N) is 1. The second kappa shape index (κ2) is 3.61. The van der Waals surface area contributed by atoms with Gasteiger partial charge in [-0.1, -0.05) is 12.1 Å². The lowest BCUT2D eigenvalue weighted by Gasteiger charge is -1.93. The summed E-state index contributed by atoms with van der Waals surface area (Å²) in [7, 11) is 0. The largest absolute Gasteiger partial charge is 0.291 e. The van der Waals surface area contributed by atoms with Gasteiger partial charge in [0.1, 0.15) is 0 Å². The number of nitro groups is 1. The number of hydrogen-bond donors (Lipinski definition) is 0. The van der Waals surface area contributed by atoms with Gasteiger partial charge < -0.3 is 0 Å². The Morgan fingerprint density at radius 3 is 2.83 bits per heavy atom. The molecule has 1 aromatic rings. The van der Waals surface area contributed by atoms with E-state index in [1.165, 1.54) is 12.1 Å². The predicted octanol–water partition coefficient (Wildman–Crippen LogP) is 1.25. The Bertz CT molecular complexity index is 309. The highest BCUT2D eigenvalue weighted by Crippen LogP contribution is 2.12. The molecule has 0 aromatic heterocycles. The molecule has 0 N–H and O–H groups in total. The average molecular weight is 164 g/mol. The lowest BCUT2D eigenvalue weighted by molar-refractivity contribution is -0.384. The summed E-state index contributed by atoms with van der Waals surface area (Å²) in [5, 5.41) is 10.3. The minimum absolute atomic E-state index is 0.00255. The summed E-state index contributed by atoms with van der Waals surface area (Å²) in [5.41, 5.74) is 0.613. The van der Waals surface area contributed by atoms with Crippen LogP contribution in [0, 0.1) is 10.1 Å². The first kappa shape index (κ1) is 8.39. The lowest BCUT2D eigenvalue weighted by Crippen LogP contribution is -1.90. The van der Waals surface area contributed by atoms with Crippen molar-refractivity contribution in [2.75, 3.05) is 0 Å². The molecule has 0 atom stereocenters. The third-order valence-corrected chi connectivity index (χ3v) is 1.40. The smallest absolute Gasteiger partial charge is 0.269 e. The standard InChI is InChI=1S/C8H6NO3/c10-5-4-7-2-1-3-8(6-7)9(11)12/h1-3,6H,4H2. The summed E-state index contributed by atoms with van der Waals surface area (Å²) in [6.07, 6.45) is 1.78. The molecule has 61 valence electrons. The zero-order valence-corrected chi connectivity index (χ0v) is 6.19. The van der Waals surface area contributed by atoms with Crippen molar-refractivity contribution >= 4 is 12.0 Å². The second-order valence-corrected chi connectivity index (χ2v) is 2.25. The van der Waals surface area contributed by atoms with Crippen LogP contribution in [0.5, 0.6) is 0 Å². The van der Waals surface area contributed by atoms with Crippen LogP contribution in [-0.4, -0.2) is 11.2 Å². The van der Waals surface area contributed by atoms with E-state index in [9.17, 15) is 14.9 Å². The Hall–Kier alpha value is -1.71. The van der Waals surface area contributed by atoms with Crippen molar-refractivity contribution in [3.8, 4) is 0 Å². The second-order valence-electron chi connectivity index (χ2n) is 2.25. The fraction of sp³-hybridized carbons (Fsp3) is 0.125. The fourth-order valence-corrected chi connectivity index (χ4v) is 0.863. The van der Waals surface area contributed by atoms with E-state index in [-0.39, 0.29) is 12.1 Å². The van der Waals surface area contributed by atoms with Crippen molar-refractivity contribution in [3.63, 3.8) is 0 Å². The number of rotatable bonds is 3. The monoisotopic (exact) mass is 164 g/mol. The molecule has 0 aliphatic rings. The zero-order valence-electron chi connectivity index (χ0n) is 6.19. The van der Waals surface area contributed by atoms with Gasteiger partial charge in [0.05, 0.1) is 4.92 Å². The molecule has 12 heavy (non-hydrogen) atoms. The van der Waals surface area contributed by atoms with Gasteiger partial charge in [-0.05, 0) is 5.56 Å². The first-order chi connectivity index (χ1) is 5.74. The number of hydrogen-bond acceptors (Lipinski definition) is 3. The van der Waals surface area contributed by atoms with Crippen molar-refractivity contribution in [2.45, 2.75) is 6.42 Å². The first-order valence-electron chi connectivity index (χ1n) is 3.32. The van der Waals surface area contributed by atoms with E-state index in [1.54, 1.807) is 18.4 Å². The van der Waals surface area contributed by atoms with E-state index >= 15 is 0 Å². The van der Waals surface area contributed by atoms with E-state index in [4.69, 9.17) is 0 Å². The molecule has 0 unspecified atom stereocenters.